The summed E-state index contributed by atoms with van der Waals surface area (Å²) in [5.74, 6) is 0.278. The first-order valence-electron chi connectivity index (χ1n) is 7.06. The third-order valence-corrected chi connectivity index (χ3v) is 3.12. The highest BCUT2D eigenvalue weighted by atomic mass is 19.1. The predicted molar refractivity (Wildman–Crippen MR) is 85.8 cm³/mol. The van der Waals surface area contributed by atoms with E-state index in [1.807, 2.05) is 13.8 Å². The van der Waals surface area contributed by atoms with Crippen molar-refractivity contribution in [1.82, 2.24) is 0 Å². The van der Waals surface area contributed by atoms with E-state index in [0.29, 0.717) is 17.9 Å². The van der Waals surface area contributed by atoms with Gasteiger partial charge in [-0.25, -0.2) is 4.39 Å². The number of carbonyl (C=O) groups is 1. The second-order valence-corrected chi connectivity index (χ2v) is 4.76. The molecule has 0 aromatic heterocycles. The van der Waals surface area contributed by atoms with Crippen molar-refractivity contribution in [2.75, 3.05) is 11.9 Å². The van der Waals surface area contributed by atoms with E-state index in [1.165, 1.54) is 24.4 Å². The summed E-state index contributed by atoms with van der Waals surface area (Å²) in [5.41, 5.74) is 2.10. The number of ether oxygens (including phenoxy) is 1. The summed E-state index contributed by atoms with van der Waals surface area (Å²) >= 11 is 0. The Morgan fingerprint density at radius 1 is 1.23 bits per heavy atom. The Morgan fingerprint density at radius 3 is 2.64 bits per heavy atom. The van der Waals surface area contributed by atoms with Gasteiger partial charge in [-0.2, -0.15) is 0 Å². The van der Waals surface area contributed by atoms with E-state index in [4.69, 9.17) is 4.74 Å². The summed E-state index contributed by atoms with van der Waals surface area (Å²) in [5, 5.41) is 2.92. The molecule has 0 heterocycles. The second kappa shape index (κ2) is 7.41. The van der Waals surface area contributed by atoms with E-state index in [-0.39, 0.29) is 11.6 Å². The van der Waals surface area contributed by atoms with Crippen molar-refractivity contribution in [2.45, 2.75) is 13.8 Å². The third kappa shape index (κ3) is 4.19. The summed E-state index contributed by atoms with van der Waals surface area (Å²) in [6.45, 7) is 4.36. The number of aryl methyl sites for hydroxylation is 1. The van der Waals surface area contributed by atoms with Crippen molar-refractivity contribution in [3.63, 3.8) is 0 Å². The topological polar surface area (TPSA) is 38.3 Å². The zero-order valence-corrected chi connectivity index (χ0v) is 12.6. The summed E-state index contributed by atoms with van der Waals surface area (Å²) in [4.78, 5) is 12.0. The fraction of sp³-hybridized carbons (Fsp3) is 0.167. The van der Waals surface area contributed by atoms with Gasteiger partial charge in [-0.15, -0.1) is 0 Å². The van der Waals surface area contributed by atoms with Gasteiger partial charge in [0.15, 0.2) is 5.78 Å². The van der Waals surface area contributed by atoms with Crippen molar-refractivity contribution < 1.29 is 13.9 Å². The minimum atomic E-state index is -0.320. The van der Waals surface area contributed by atoms with Crippen molar-refractivity contribution in [3.05, 3.63) is 71.7 Å². The quantitative estimate of drug-likeness (QED) is 0.637. The van der Waals surface area contributed by atoms with E-state index in [9.17, 15) is 9.18 Å². The van der Waals surface area contributed by atoms with Gasteiger partial charge in [0.1, 0.15) is 11.6 Å². The average Bonchev–Trinajstić information content (AvgIpc) is 2.51. The van der Waals surface area contributed by atoms with Crippen LogP contribution >= 0.6 is 0 Å². The van der Waals surface area contributed by atoms with Gasteiger partial charge in [0.05, 0.1) is 6.61 Å². The maximum atomic E-state index is 13.2. The molecule has 0 saturated heterocycles. The van der Waals surface area contributed by atoms with Crippen LogP contribution in [-0.2, 0) is 0 Å². The van der Waals surface area contributed by atoms with E-state index in [1.54, 1.807) is 30.3 Å². The summed E-state index contributed by atoms with van der Waals surface area (Å²) < 4.78 is 18.5. The summed E-state index contributed by atoms with van der Waals surface area (Å²) in [6.07, 6.45) is 2.93. The lowest BCUT2D eigenvalue weighted by molar-refractivity contribution is 0.104. The number of hydrogen-bond acceptors (Lipinski definition) is 3. The van der Waals surface area contributed by atoms with Crippen LogP contribution in [0.1, 0.15) is 22.8 Å². The maximum absolute atomic E-state index is 13.2. The van der Waals surface area contributed by atoms with Gasteiger partial charge in [0.2, 0.25) is 0 Å². The molecular formula is C18H18FNO2. The molecule has 0 atom stereocenters. The van der Waals surface area contributed by atoms with Crippen LogP contribution in [0.3, 0.4) is 0 Å². The van der Waals surface area contributed by atoms with Gasteiger partial charge in [0.25, 0.3) is 0 Å². The highest BCUT2D eigenvalue weighted by molar-refractivity contribution is 6.04. The Bertz CT molecular complexity index is 678. The zero-order chi connectivity index (χ0) is 15.9. The van der Waals surface area contributed by atoms with E-state index < -0.39 is 0 Å². The van der Waals surface area contributed by atoms with Gasteiger partial charge >= 0.3 is 0 Å². The molecule has 1 N–H and O–H groups in total. The third-order valence-electron chi connectivity index (χ3n) is 3.12. The molecule has 2 aromatic rings. The predicted octanol–water partition coefficient (Wildman–Crippen LogP) is 4.34. The molecule has 2 aromatic carbocycles. The first-order chi connectivity index (χ1) is 10.6. The minimum Gasteiger partial charge on any atom is -0.494 e. The molecule has 0 saturated carbocycles. The van der Waals surface area contributed by atoms with Crippen LogP contribution in [0.4, 0.5) is 10.1 Å². The van der Waals surface area contributed by atoms with Crippen LogP contribution in [0.25, 0.3) is 0 Å². The summed E-state index contributed by atoms with van der Waals surface area (Å²) in [6, 6.07) is 11.4. The Kier molecular flexibility index (Phi) is 5.31. The lowest BCUT2D eigenvalue weighted by atomic mass is 10.1. The minimum absolute atomic E-state index is 0.135. The smallest absolute Gasteiger partial charge is 0.187 e. The summed E-state index contributed by atoms with van der Waals surface area (Å²) in [7, 11) is 0. The van der Waals surface area contributed by atoms with Crippen LogP contribution in [0.2, 0.25) is 0 Å². The van der Waals surface area contributed by atoms with E-state index >= 15 is 0 Å². The molecule has 0 radical (unpaired) electrons. The standard InChI is InChI=1S/C18H18FNO2/c1-3-22-16-8-5-14(6-9-16)18(21)10-11-20-17-12-15(19)7-4-13(17)2/h4-12,20H,3H2,1-2H3. The van der Waals surface area contributed by atoms with Crippen molar-refractivity contribution in [2.24, 2.45) is 0 Å². The van der Waals surface area contributed by atoms with Gasteiger partial charge in [0, 0.05) is 23.5 Å². The lowest BCUT2D eigenvalue weighted by Crippen LogP contribution is -1.98. The molecule has 3 nitrogen and oxygen atoms in total. The van der Waals surface area contributed by atoms with Crippen LogP contribution in [0.5, 0.6) is 5.75 Å². The number of nitrogens with one attached hydrogen (secondary N) is 1. The molecule has 4 heteroatoms. The molecular weight excluding hydrogens is 281 g/mol. The number of rotatable bonds is 6. The van der Waals surface area contributed by atoms with Gasteiger partial charge < -0.3 is 10.1 Å². The van der Waals surface area contributed by atoms with E-state index in [2.05, 4.69) is 5.32 Å². The van der Waals surface area contributed by atoms with Crippen molar-refractivity contribution in [1.29, 1.82) is 0 Å². The molecule has 0 amide bonds. The zero-order valence-electron chi connectivity index (χ0n) is 12.6. The fourth-order valence-electron chi connectivity index (χ4n) is 1.94. The number of hydrogen-bond donors (Lipinski definition) is 1. The number of anilines is 1. The SMILES string of the molecule is CCOc1ccc(C(=O)C=CNc2cc(F)ccc2C)cc1. The highest BCUT2D eigenvalue weighted by Crippen LogP contribution is 2.16. The monoisotopic (exact) mass is 299 g/mol. The van der Waals surface area contributed by atoms with Gasteiger partial charge in [-0.05, 0) is 55.8 Å². The highest BCUT2D eigenvalue weighted by Gasteiger charge is 2.02. The molecule has 0 aliphatic rings. The Balaban J connectivity index is 2.00. The number of benzene rings is 2. The van der Waals surface area contributed by atoms with Gasteiger partial charge in [-0.1, -0.05) is 6.07 Å². The number of allylic oxidation sites excluding steroid dienone is 1. The Hall–Kier alpha value is -2.62. The maximum Gasteiger partial charge on any atom is 0.187 e. The normalized spacial score (nSPS) is 10.7. The second-order valence-electron chi connectivity index (χ2n) is 4.76. The largest absolute Gasteiger partial charge is 0.494 e. The van der Waals surface area contributed by atoms with E-state index in [0.717, 1.165) is 11.3 Å². The fourth-order valence-corrected chi connectivity index (χ4v) is 1.94. The molecule has 0 spiro atoms. The molecule has 0 unspecified atom stereocenters. The Morgan fingerprint density at radius 2 is 1.95 bits per heavy atom. The van der Waals surface area contributed by atoms with Crippen LogP contribution in [0.15, 0.2) is 54.7 Å². The molecule has 0 aliphatic heterocycles. The Labute approximate surface area is 129 Å². The molecule has 22 heavy (non-hydrogen) atoms. The lowest BCUT2D eigenvalue weighted by Gasteiger charge is -2.05. The van der Waals surface area contributed by atoms with Crippen LogP contribution in [-0.4, -0.2) is 12.4 Å². The average molecular weight is 299 g/mol. The molecule has 0 aliphatic carbocycles. The van der Waals surface area contributed by atoms with Crippen LogP contribution in [0, 0.1) is 12.7 Å². The first-order valence-corrected chi connectivity index (χ1v) is 7.06. The molecule has 0 fully saturated rings. The number of halogens is 1. The molecule has 2 rings (SSSR count). The number of ketones is 1. The van der Waals surface area contributed by atoms with Crippen molar-refractivity contribution in [3.8, 4) is 5.75 Å². The van der Waals surface area contributed by atoms with Gasteiger partial charge in [-0.3, -0.25) is 4.79 Å². The molecule has 0 bridgehead atoms. The van der Waals surface area contributed by atoms with Crippen LogP contribution < -0.4 is 10.1 Å². The first kappa shape index (κ1) is 15.8. The number of carbonyl (C=O) groups excluding carboxylic acids is 1. The van der Waals surface area contributed by atoms with Crippen molar-refractivity contribution >= 4 is 11.5 Å². The molecule has 114 valence electrons.